The van der Waals surface area contributed by atoms with E-state index < -0.39 is 0 Å². The lowest BCUT2D eigenvalue weighted by Gasteiger charge is -2.16. The van der Waals surface area contributed by atoms with Gasteiger partial charge in [-0.05, 0) is 13.3 Å². The second-order valence-electron chi connectivity index (χ2n) is 4.94. The molecule has 110 valence electrons. The molecule has 2 rings (SSSR count). The SMILES string of the molecule is CCc1nn(C)cc1CNc1nccn1C(C)COC. The predicted molar refractivity (Wildman–Crippen MR) is 78.7 cm³/mol. The van der Waals surface area contributed by atoms with Crippen LogP contribution in [0.5, 0.6) is 0 Å². The molecular weight excluding hydrogens is 254 g/mol. The average Bonchev–Trinajstić information content (AvgIpc) is 3.02. The maximum absolute atomic E-state index is 5.20. The van der Waals surface area contributed by atoms with E-state index >= 15 is 0 Å². The zero-order valence-electron chi connectivity index (χ0n) is 12.6. The highest BCUT2D eigenvalue weighted by molar-refractivity contribution is 5.30. The molecular formula is C14H23N5O. The molecule has 0 spiro atoms. The Balaban J connectivity index is 2.05. The van der Waals surface area contributed by atoms with E-state index in [2.05, 4.69) is 40.0 Å². The van der Waals surface area contributed by atoms with Crippen LogP contribution >= 0.6 is 0 Å². The molecule has 0 aliphatic heterocycles. The maximum Gasteiger partial charge on any atom is 0.203 e. The van der Waals surface area contributed by atoms with Gasteiger partial charge in [-0.15, -0.1) is 0 Å². The molecule has 1 unspecified atom stereocenters. The van der Waals surface area contributed by atoms with Gasteiger partial charge in [0.25, 0.3) is 0 Å². The van der Waals surface area contributed by atoms with Gasteiger partial charge >= 0.3 is 0 Å². The molecule has 1 atom stereocenters. The Labute approximate surface area is 119 Å². The molecule has 20 heavy (non-hydrogen) atoms. The Bertz CT molecular complexity index is 546. The van der Waals surface area contributed by atoms with Crippen LogP contribution in [0.4, 0.5) is 5.95 Å². The van der Waals surface area contributed by atoms with Crippen molar-refractivity contribution in [2.75, 3.05) is 19.0 Å². The number of nitrogens with one attached hydrogen (secondary N) is 1. The van der Waals surface area contributed by atoms with Crippen LogP contribution in [0, 0.1) is 0 Å². The first-order valence-corrected chi connectivity index (χ1v) is 6.92. The lowest BCUT2D eigenvalue weighted by Crippen LogP contribution is -2.14. The van der Waals surface area contributed by atoms with Crippen LogP contribution in [0.15, 0.2) is 18.6 Å². The van der Waals surface area contributed by atoms with Gasteiger partial charge in [-0.2, -0.15) is 5.10 Å². The van der Waals surface area contributed by atoms with Crippen molar-refractivity contribution in [1.82, 2.24) is 19.3 Å². The summed E-state index contributed by atoms with van der Waals surface area (Å²) in [4.78, 5) is 4.37. The zero-order valence-corrected chi connectivity index (χ0v) is 12.6. The van der Waals surface area contributed by atoms with Crippen molar-refractivity contribution in [3.05, 3.63) is 29.8 Å². The van der Waals surface area contributed by atoms with E-state index in [1.165, 1.54) is 5.56 Å². The minimum absolute atomic E-state index is 0.254. The summed E-state index contributed by atoms with van der Waals surface area (Å²) in [5, 5.41) is 7.83. The fourth-order valence-corrected chi connectivity index (χ4v) is 2.33. The van der Waals surface area contributed by atoms with Gasteiger partial charge < -0.3 is 14.6 Å². The number of nitrogens with zero attached hydrogens (tertiary/aromatic N) is 4. The van der Waals surface area contributed by atoms with Gasteiger partial charge in [-0.25, -0.2) is 4.98 Å². The Hall–Kier alpha value is -1.82. The van der Waals surface area contributed by atoms with Crippen molar-refractivity contribution in [2.45, 2.75) is 32.9 Å². The van der Waals surface area contributed by atoms with E-state index in [1.807, 2.05) is 17.9 Å². The third-order valence-corrected chi connectivity index (χ3v) is 3.32. The van der Waals surface area contributed by atoms with Crippen LogP contribution < -0.4 is 5.32 Å². The second kappa shape index (κ2) is 6.56. The van der Waals surface area contributed by atoms with Crippen LogP contribution in [0.1, 0.15) is 31.1 Å². The summed E-state index contributed by atoms with van der Waals surface area (Å²) in [6.45, 7) is 5.62. The van der Waals surface area contributed by atoms with Crippen LogP contribution in [-0.2, 0) is 24.8 Å². The predicted octanol–water partition coefficient (Wildman–Crippen LogP) is 2.00. The van der Waals surface area contributed by atoms with E-state index in [-0.39, 0.29) is 6.04 Å². The van der Waals surface area contributed by atoms with Crippen molar-refractivity contribution in [3.63, 3.8) is 0 Å². The van der Waals surface area contributed by atoms with Crippen molar-refractivity contribution < 1.29 is 4.74 Å². The number of imidazole rings is 1. The van der Waals surface area contributed by atoms with Gasteiger partial charge in [0.15, 0.2) is 0 Å². The third kappa shape index (κ3) is 3.19. The minimum atomic E-state index is 0.254. The number of hydrogen-bond acceptors (Lipinski definition) is 4. The molecule has 1 N–H and O–H groups in total. The molecule has 2 aromatic heterocycles. The average molecular weight is 277 g/mol. The molecule has 0 amide bonds. The number of hydrogen-bond donors (Lipinski definition) is 1. The molecule has 0 aliphatic carbocycles. The fourth-order valence-electron chi connectivity index (χ4n) is 2.33. The number of aromatic nitrogens is 4. The van der Waals surface area contributed by atoms with Crippen molar-refractivity contribution >= 4 is 5.95 Å². The lowest BCUT2D eigenvalue weighted by molar-refractivity contribution is 0.163. The Morgan fingerprint density at radius 2 is 2.25 bits per heavy atom. The quantitative estimate of drug-likeness (QED) is 0.841. The minimum Gasteiger partial charge on any atom is -0.383 e. The van der Waals surface area contributed by atoms with Crippen molar-refractivity contribution in [1.29, 1.82) is 0 Å². The van der Waals surface area contributed by atoms with Gasteiger partial charge in [0.1, 0.15) is 0 Å². The summed E-state index contributed by atoms with van der Waals surface area (Å²) in [6.07, 6.45) is 6.76. The van der Waals surface area contributed by atoms with Crippen LogP contribution in [-0.4, -0.2) is 33.0 Å². The molecule has 2 aromatic rings. The highest BCUT2D eigenvalue weighted by Gasteiger charge is 2.11. The Morgan fingerprint density at radius 3 is 2.95 bits per heavy atom. The van der Waals surface area contributed by atoms with E-state index in [0.717, 1.165) is 24.6 Å². The fraction of sp³-hybridized carbons (Fsp3) is 0.571. The topological polar surface area (TPSA) is 56.9 Å². The number of methoxy groups -OCH3 is 1. The smallest absolute Gasteiger partial charge is 0.203 e. The van der Waals surface area contributed by atoms with Gasteiger partial charge in [-0.1, -0.05) is 6.92 Å². The summed E-state index contributed by atoms with van der Waals surface area (Å²) in [5.74, 6) is 0.862. The summed E-state index contributed by atoms with van der Waals surface area (Å²) in [5.41, 5.74) is 2.34. The van der Waals surface area contributed by atoms with Gasteiger partial charge in [0.05, 0.1) is 18.3 Å². The lowest BCUT2D eigenvalue weighted by atomic mass is 10.2. The zero-order chi connectivity index (χ0) is 14.5. The maximum atomic E-state index is 5.20. The number of anilines is 1. The molecule has 6 nitrogen and oxygen atoms in total. The van der Waals surface area contributed by atoms with Crippen molar-refractivity contribution in [3.8, 4) is 0 Å². The first-order valence-electron chi connectivity index (χ1n) is 6.92. The van der Waals surface area contributed by atoms with E-state index in [9.17, 15) is 0 Å². The standard InChI is InChI=1S/C14H23N5O/c1-5-13-12(9-18(3)17-13)8-16-14-15-6-7-19(14)11(2)10-20-4/h6-7,9,11H,5,8,10H2,1-4H3,(H,15,16). The summed E-state index contributed by atoms with van der Waals surface area (Å²) in [7, 11) is 3.66. The molecule has 0 bridgehead atoms. The highest BCUT2D eigenvalue weighted by Crippen LogP contribution is 2.15. The van der Waals surface area contributed by atoms with E-state index in [4.69, 9.17) is 4.74 Å². The molecule has 2 heterocycles. The van der Waals surface area contributed by atoms with Gasteiger partial charge in [0.2, 0.25) is 5.95 Å². The normalized spacial score (nSPS) is 12.6. The number of rotatable bonds is 7. The molecule has 6 heteroatoms. The first-order chi connectivity index (χ1) is 9.65. The molecule has 0 aromatic carbocycles. The van der Waals surface area contributed by atoms with E-state index in [1.54, 1.807) is 13.3 Å². The van der Waals surface area contributed by atoms with E-state index in [0.29, 0.717) is 6.61 Å². The Kier molecular flexibility index (Phi) is 4.79. The Morgan fingerprint density at radius 1 is 1.45 bits per heavy atom. The summed E-state index contributed by atoms with van der Waals surface area (Å²) >= 11 is 0. The van der Waals surface area contributed by atoms with Crippen molar-refractivity contribution in [2.24, 2.45) is 7.05 Å². The van der Waals surface area contributed by atoms with Crippen LogP contribution in [0.3, 0.4) is 0 Å². The highest BCUT2D eigenvalue weighted by atomic mass is 16.5. The van der Waals surface area contributed by atoms with Crippen LogP contribution in [0.2, 0.25) is 0 Å². The number of ether oxygens (including phenoxy) is 1. The van der Waals surface area contributed by atoms with Crippen LogP contribution in [0.25, 0.3) is 0 Å². The molecule has 0 saturated carbocycles. The first kappa shape index (κ1) is 14.6. The monoisotopic (exact) mass is 277 g/mol. The second-order valence-corrected chi connectivity index (χ2v) is 4.94. The molecule has 0 radical (unpaired) electrons. The number of aryl methyl sites for hydroxylation is 2. The third-order valence-electron chi connectivity index (χ3n) is 3.32. The van der Waals surface area contributed by atoms with Gasteiger partial charge in [-0.3, -0.25) is 4.68 Å². The molecule has 0 fully saturated rings. The largest absolute Gasteiger partial charge is 0.383 e. The summed E-state index contributed by atoms with van der Waals surface area (Å²) < 4.78 is 9.14. The molecule has 0 aliphatic rings. The van der Waals surface area contributed by atoms with Gasteiger partial charge in [0, 0.05) is 44.9 Å². The summed E-state index contributed by atoms with van der Waals surface area (Å²) in [6, 6.07) is 0.254. The molecule has 0 saturated heterocycles.